The molecule has 4 nitrogen and oxygen atoms in total. The van der Waals surface area contributed by atoms with Gasteiger partial charge in [0.25, 0.3) is 0 Å². The number of carbonyl (C=O) groups excluding carboxylic acids is 1. The van der Waals surface area contributed by atoms with E-state index >= 15 is 0 Å². The van der Waals surface area contributed by atoms with Gasteiger partial charge in [-0.2, -0.15) is 0 Å². The number of hydrogen-bond donors (Lipinski definition) is 0. The van der Waals surface area contributed by atoms with Crippen molar-refractivity contribution in [3.8, 4) is 5.75 Å². The molecule has 4 heteroatoms. The van der Waals surface area contributed by atoms with Crippen LogP contribution in [0.3, 0.4) is 0 Å². The molecule has 0 amide bonds. The maximum absolute atomic E-state index is 11.2. The molecule has 1 aromatic carbocycles. The summed E-state index contributed by atoms with van der Waals surface area (Å²) in [7, 11) is 0. The Kier molecular flexibility index (Phi) is 4.88. The maximum Gasteiger partial charge on any atom is 0.199 e. The molecule has 2 saturated heterocycles. The number of hydrogen-bond acceptors (Lipinski definition) is 4. The van der Waals surface area contributed by atoms with Gasteiger partial charge in [-0.15, -0.1) is 0 Å². The molecule has 1 aromatic rings. The summed E-state index contributed by atoms with van der Waals surface area (Å²) in [5.74, 6) is 0.704. The quantitative estimate of drug-likeness (QED) is 0.794. The third kappa shape index (κ3) is 3.83. The Morgan fingerprint density at radius 3 is 2.48 bits per heavy atom. The fraction of sp³-hybridized carbons (Fsp3) is 0.588. The van der Waals surface area contributed by atoms with Crippen molar-refractivity contribution in [3.05, 3.63) is 29.3 Å². The van der Waals surface area contributed by atoms with Crippen LogP contribution < -0.4 is 4.74 Å². The molecule has 3 rings (SSSR count). The zero-order valence-electron chi connectivity index (χ0n) is 12.3. The number of aldehydes is 1. The Balaban J connectivity index is 1.76. The zero-order valence-corrected chi connectivity index (χ0v) is 12.3. The molecular weight excluding hydrogens is 268 g/mol. The van der Waals surface area contributed by atoms with Crippen LogP contribution in [-0.4, -0.2) is 25.8 Å². The molecule has 21 heavy (non-hydrogen) atoms. The predicted molar refractivity (Wildman–Crippen MR) is 78.6 cm³/mol. The Bertz CT molecular complexity index is 474. The lowest BCUT2D eigenvalue weighted by Crippen LogP contribution is -2.25. The molecule has 2 heterocycles. The van der Waals surface area contributed by atoms with Gasteiger partial charge in [-0.05, 0) is 55.9 Å². The van der Waals surface area contributed by atoms with Gasteiger partial charge in [0.2, 0.25) is 0 Å². The van der Waals surface area contributed by atoms with Crippen molar-refractivity contribution in [2.24, 2.45) is 0 Å². The molecule has 0 spiro atoms. The average Bonchev–Trinajstić information content (AvgIpc) is 2.56. The van der Waals surface area contributed by atoms with Crippen LogP contribution in [0.25, 0.3) is 0 Å². The first-order chi connectivity index (χ1) is 10.3. The van der Waals surface area contributed by atoms with Gasteiger partial charge in [-0.25, -0.2) is 0 Å². The first-order valence-electron chi connectivity index (χ1n) is 7.85. The van der Waals surface area contributed by atoms with Crippen molar-refractivity contribution < 1.29 is 19.0 Å². The molecule has 0 aliphatic carbocycles. The van der Waals surface area contributed by atoms with E-state index in [0.29, 0.717) is 11.3 Å². The second kappa shape index (κ2) is 7.05. The lowest BCUT2D eigenvalue weighted by Gasteiger charge is -2.26. The number of rotatable bonds is 4. The largest absolute Gasteiger partial charge is 0.465 e. The van der Waals surface area contributed by atoms with Gasteiger partial charge in [-0.3, -0.25) is 4.79 Å². The van der Waals surface area contributed by atoms with Gasteiger partial charge < -0.3 is 14.2 Å². The molecule has 0 saturated carbocycles. The summed E-state index contributed by atoms with van der Waals surface area (Å²) in [6.45, 7) is 1.54. The standard InChI is InChI=1S/C17H22O4/c18-12-13-9-14(16-5-1-3-7-19-16)11-15(10-13)21-17-6-2-4-8-20-17/h9-12,16-17H,1-8H2. The van der Waals surface area contributed by atoms with Gasteiger partial charge in [0.05, 0.1) is 12.7 Å². The van der Waals surface area contributed by atoms with Crippen molar-refractivity contribution in [2.45, 2.75) is 50.9 Å². The third-order valence-electron chi connectivity index (χ3n) is 4.04. The zero-order chi connectivity index (χ0) is 14.5. The highest BCUT2D eigenvalue weighted by atomic mass is 16.7. The molecule has 0 bridgehead atoms. The average molecular weight is 290 g/mol. The van der Waals surface area contributed by atoms with Gasteiger partial charge in [-0.1, -0.05) is 0 Å². The van der Waals surface area contributed by atoms with E-state index in [0.717, 1.165) is 63.6 Å². The molecule has 114 valence electrons. The SMILES string of the molecule is O=Cc1cc(OC2CCCCO2)cc(C2CCCCO2)c1. The first kappa shape index (κ1) is 14.5. The summed E-state index contributed by atoms with van der Waals surface area (Å²) in [5.41, 5.74) is 1.66. The van der Waals surface area contributed by atoms with E-state index in [4.69, 9.17) is 14.2 Å². The third-order valence-corrected chi connectivity index (χ3v) is 4.04. The van der Waals surface area contributed by atoms with Crippen LogP contribution in [-0.2, 0) is 9.47 Å². The van der Waals surface area contributed by atoms with E-state index in [-0.39, 0.29) is 12.4 Å². The van der Waals surface area contributed by atoms with Crippen LogP contribution >= 0.6 is 0 Å². The fourth-order valence-electron chi connectivity index (χ4n) is 2.93. The predicted octanol–water partition coefficient (Wildman–Crippen LogP) is 3.65. The molecule has 0 aromatic heterocycles. The molecule has 2 atom stereocenters. The fourth-order valence-corrected chi connectivity index (χ4v) is 2.93. The summed E-state index contributed by atoms with van der Waals surface area (Å²) in [4.78, 5) is 11.2. The normalized spacial score (nSPS) is 26.3. The molecular formula is C17H22O4. The highest BCUT2D eigenvalue weighted by Crippen LogP contribution is 2.31. The maximum atomic E-state index is 11.2. The van der Waals surface area contributed by atoms with Crippen molar-refractivity contribution in [2.75, 3.05) is 13.2 Å². The smallest absolute Gasteiger partial charge is 0.199 e. The summed E-state index contributed by atoms with van der Waals surface area (Å²) in [6.07, 6.45) is 7.14. The highest BCUT2D eigenvalue weighted by Gasteiger charge is 2.20. The minimum atomic E-state index is -0.194. The lowest BCUT2D eigenvalue weighted by molar-refractivity contribution is -0.106. The molecule has 2 aliphatic rings. The number of ether oxygens (including phenoxy) is 3. The van der Waals surface area contributed by atoms with Crippen LogP contribution in [0, 0.1) is 0 Å². The van der Waals surface area contributed by atoms with Crippen LogP contribution in [0.15, 0.2) is 18.2 Å². The number of benzene rings is 1. The summed E-state index contributed by atoms with van der Waals surface area (Å²) < 4.78 is 17.3. The van der Waals surface area contributed by atoms with Crippen molar-refractivity contribution in [1.82, 2.24) is 0 Å². The molecule has 0 N–H and O–H groups in total. The summed E-state index contributed by atoms with van der Waals surface area (Å²) >= 11 is 0. The Labute approximate surface area is 125 Å². The van der Waals surface area contributed by atoms with Crippen LogP contribution in [0.2, 0.25) is 0 Å². The van der Waals surface area contributed by atoms with Crippen LogP contribution in [0.1, 0.15) is 60.6 Å². The minimum absolute atomic E-state index is 0.0771. The Hall–Kier alpha value is -1.39. The monoisotopic (exact) mass is 290 g/mol. The van der Waals surface area contributed by atoms with Crippen LogP contribution in [0.5, 0.6) is 5.75 Å². The Morgan fingerprint density at radius 2 is 1.81 bits per heavy atom. The lowest BCUT2D eigenvalue weighted by atomic mass is 9.99. The topological polar surface area (TPSA) is 44.8 Å². The highest BCUT2D eigenvalue weighted by molar-refractivity contribution is 5.76. The van der Waals surface area contributed by atoms with E-state index in [9.17, 15) is 4.79 Å². The second-order valence-corrected chi connectivity index (χ2v) is 5.72. The molecule has 2 fully saturated rings. The second-order valence-electron chi connectivity index (χ2n) is 5.72. The summed E-state index contributed by atoms with van der Waals surface area (Å²) in [6, 6.07) is 5.66. The molecule has 2 aliphatic heterocycles. The van der Waals surface area contributed by atoms with E-state index in [1.54, 1.807) is 6.07 Å². The van der Waals surface area contributed by atoms with E-state index in [1.165, 1.54) is 0 Å². The van der Waals surface area contributed by atoms with E-state index < -0.39 is 0 Å². The van der Waals surface area contributed by atoms with Gasteiger partial charge in [0.15, 0.2) is 6.29 Å². The first-order valence-corrected chi connectivity index (χ1v) is 7.85. The van der Waals surface area contributed by atoms with Crippen molar-refractivity contribution in [3.63, 3.8) is 0 Å². The minimum Gasteiger partial charge on any atom is -0.465 e. The van der Waals surface area contributed by atoms with Gasteiger partial charge in [0.1, 0.15) is 12.0 Å². The van der Waals surface area contributed by atoms with Gasteiger partial charge >= 0.3 is 0 Å². The Morgan fingerprint density at radius 1 is 1.00 bits per heavy atom. The van der Waals surface area contributed by atoms with Gasteiger partial charge in [0, 0.05) is 18.6 Å². The van der Waals surface area contributed by atoms with Crippen LogP contribution in [0.4, 0.5) is 0 Å². The molecule has 2 unspecified atom stereocenters. The molecule has 0 radical (unpaired) electrons. The van der Waals surface area contributed by atoms with Crippen molar-refractivity contribution in [1.29, 1.82) is 0 Å². The van der Waals surface area contributed by atoms with Crippen molar-refractivity contribution >= 4 is 6.29 Å². The van der Waals surface area contributed by atoms with E-state index in [1.807, 2.05) is 12.1 Å². The summed E-state index contributed by atoms with van der Waals surface area (Å²) in [5, 5.41) is 0. The number of carbonyl (C=O) groups is 1. The van der Waals surface area contributed by atoms with E-state index in [2.05, 4.69) is 0 Å².